The van der Waals surface area contributed by atoms with E-state index in [4.69, 9.17) is 23.0 Å². The van der Waals surface area contributed by atoms with Gasteiger partial charge in [0.1, 0.15) is 29.0 Å². The molecule has 1 saturated heterocycles. The Balaban J connectivity index is 2.59. The fourth-order valence-corrected chi connectivity index (χ4v) is 7.48. The van der Waals surface area contributed by atoms with E-state index in [-0.39, 0.29) is 39.5 Å². The molecule has 0 spiro atoms. The number of halogens is 1. The number of aromatic nitrogens is 1. The molecular weight excluding hydrogens is 578 g/mol. The van der Waals surface area contributed by atoms with Crippen LogP contribution in [0.4, 0.5) is 0 Å². The minimum atomic E-state index is -2.16. The highest BCUT2D eigenvalue weighted by atomic mass is 79.9. The minimum Gasteiger partial charge on any atom is -0.414 e. The van der Waals surface area contributed by atoms with Crippen molar-refractivity contribution in [3.05, 3.63) is 28.5 Å². The number of ether oxygens (including phenoxy) is 1. The van der Waals surface area contributed by atoms with Gasteiger partial charge in [-0.05, 0) is 82.5 Å². The molecule has 214 valence electrons. The summed E-state index contributed by atoms with van der Waals surface area (Å²) in [6.07, 6.45) is -1.05. The molecule has 1 fully saturated rings. The van der Waals surface area contributed by atoms with Crippen molar-refractivity contribution in [2.75, 3.05) is 6.61 Å². The molecule has 0 aromatic carbocycles. The van der Waals surface area contributed by atoms with Gasteiger partial charge in [0.2, 0.25) is 0 Å². The van der Waals surface area contributed by atoms with Gasteiger partial charge in [-0.3, -0.25) is 0 Å². The van der Waals surface area contributed by atoms with Gasteiger partial charge in [-0.25, -0.2) is 4.98 Å². The lowest BCUT2D eigenvalue weighted by atomic mass is 10.1. The Bertz CT molecular complexity index is 919. The average molecular weight is 633 g/mol. The van der Waals surface area contributed by atoms with E-state index in [1.807, 2.05) is 18.2 Å². The summed E-state index contributed by atoms with van der Waals surface area (Å²) < 4.78 is 28.8. The topological polar surface area (TPSA) is 49.8 Å². The minimum absolute atomic E-state index is 0.0551. The van der Waals surface area contributed by atoms with E-state index in [0.717, 1.165) is 10.3 Å². The van der Waals surface area contributed by atoms with Crippen LogP contribution in [0.3, 0.4) is 0 Å². The molecule has 0 amide bonds. The van der Waals surface area contributed by atoms with E-state index in [2.05, 4.69) is 118 Å². The first-order valence-corrected chi connectivity index (χ1v) is 23.2. The van der Waals surface area contributed by atoms with Crippen molar-refractivity contribution in [2.45, 2.75) is 141 Å². The van der Waals surface area contributed by atoms with Gasteiger partial charge in [0.25, 0.3) is 0 Å². The summed E-state index contributed by atoms with van der Waals surface area (Å²) >= 11 is 3.56. The molecule has 0 radical (unpaired) electrons. The SMILES string of the molecule is CC(C)(C)[Si](C)(C)OC[C@H]1O[C@@H](c2cccc(Br)n2)[C@H](O[Si](C)(C)C(C)(C)C)[C@@H]1O[Si](C)(C)C(C)(C)C. The standard InChI is InChI=1S/C28H54BrNO4Si3/c1-26(2,3)35(10,11)31-19-21-24(33-36(12,13)27(4,5)6)25(34-37(14,15)28(7,8)9)23(32-21)20-17-16-18-22(29)30-20/h16-18,21,23-25H,19H2,1-15H3/t21-,23+,24-,25+/m1/s1. The van der Waals surface area contributed by atoms with Crippen molar-refractivity contribution in [2.24, 2.45) is 0 Å². The third-order valence-corrected chi connectivity index (χ3v) is 23.1. The van der Waals surface area contributed by atoms with Crippen LogP contribution in [0.1, 0.15) is 74.1 Å². The van der Waals surface area contributed by atoms with Crippen molar-refractivity contribution in [1.29, 1.82) is 0 Å². The number of hydrogen-bond acceptors (Lipinski definition) is 5. The third-order valence-electron chi connectivity index (χ3n) is 9.23. The van der Waals surface area contributed by atoms with Gasteiger partial charge in [-0.1, -0.05) is 68.4 Å². The van der Waals surface area contributed by atoms with Crippen molar-refractivity contribution in [3.8, 4) is 0 Å². The first-order chi connectivity index (χ1) is 16.4. The maximum Gasteiger partial charge on any atom is 0.192 e. The Morgan fingerprint density at radius 3 is 1.65 bits per heavy atom. The second-order valence-electron chi connectivity index (χ2n) is 15.2. The third kappa shape index (κ3) is 7.87. The molecule has 37 heavy (non-hydrogen) atoms. The molecule has 1 aliphatic rings. The molecule has 0 bridgehead atoms. The summed E-state index contributed by atoms with van der Waals surface area (Å²) in [5.74, 6) is 0. The number of hydrogen-bond donors (Lipinski definition) is 0. The van der Waals surface area contributed by atoms with Gasteiger partial charge in [-0.15, -0.1) is 0 Å². The van der Waals surface area contributed by atoms with Crippen LogP contribution in [0.5, 0.6) is 0 Å². The van der Waals surface area contributed by atoms with E-state index < -0.39 is 25.0 Å². The lowest BCUT2D eigenvalue weighted by Crippen LogP contribution is -2.54. The normalized spacial score (nSPS) is 24.5. The van der Waals surface area contributed by atoms with Crippen molar-refractivity contribution in [3.63, 3.8) is 0 Å². The van der Waals surface area contributed by atoms with Crippen LogP contribution in [0.15, 0.2) is 22.8 Å². The highest BCUT2D eigenvalue weighted by molar-refractivity contribution is 9.10. The molecule has 0 N–H and O–H groups in total. The number of pyridine rings is 1. The summed E-state index contributed by atoms with van der Waals surface area (Å²) in [5, 5.41) is 0.231. The summed E-state index contributed by atoms with van der Waals surface area (Å²) in [6.45, 7) is 34.8. The van der Waals surface area contributed by atoms with E-state index >= 15 is 0 Å². The Morgan fingerprint density at radius 2 is 1.22 bits per heavy atom. The molecule has 1 aromatic heterocycles. The maximum atomic E-state index is 7.19. The molecule has 2 heterocycles. The summed E-state index contributed by atoms with van der Waals surface area (Å²) in [6, 6.07) is 6.00. The lowest BCUT2D eigenvalue weighted by Gasteiger charge is -2.44. The Hall–Kier alpha value is 0.121. The van der Waals surface area contributed by atoms with E-state index in [0.29, 0.717) is 6.61 Å². The van der Waals surface area contributed by atoms with Crippen LogP contribution < -0.4 is 0 Å². The van der Waals surface area contributed by atoms with Gasteiger partial charge in [-0.2, -0.15) is 0 Å². The van der Waals surface area contributed by atoms with Crippen molar-refractivity contribution in [1.82, 2.24) is 4.98 Å². The maximum absolute atomic E-state index is 7.19. The molecule has 1 aromatic rings. The van der Waals surface area contributed by atoms with Crippen molar-refractivity contribution >= 4 is 40.9 Å². The van der Waals surface area contributed by atoms with Gasteiger partial charge in [0, 0.05) is 0 Å². The Kier molecular flexibility index (Phi) is 10.1. The lowest BCUT2D eigenvalue weighted by molar-refractivity contribution is -0.0186. The van der Waals surface area contributed by atoms with Crippen LogP contribution in [0.25, 0.3) is 0 Å². The largest absolute Gasteiger partial charge is 0.414 e. The van der Waals surface area contributed by atoms with Crippen LogP contribution >= 0.6 is 15.9 Å². The molecule has 9 heteroatoms. The van der Waals surface area contributed by atoms with Crippen molar-refractivity contribution < 1.29 is 18.0 Å². The first-order valence-electron chi connectivity index (χ1n) is 13.7. The zero-order valence-corrected chi connectivity index (χ0v) is 30.8. The molecule has 0 unspecified atom stereocenters. The monoisotopic (exact) mass is 631 g/mol. The predicted molar refractivity (Wildman–Crippen MR) is 167 cm³/mol. The molecule has 5 nitrogen and oxygen atoms in total. The van der Waals surface area contributed by atoms with Crippen LogP contribution in [-0.4, -0.2) is 54.9 Å². The zero-order chi connectivity index (χ0) is 28.8. The first kappa shape index (κ1) is 33.3. The molecule has 2 rings (SSSR count). The Morgan fingerprint density at radius 1 is 0.757 bits per heavy atom. The number of rotatable bonds is 8. The summed E-state index contributed by atoms with van der Waals surface area (Å²) in [4.78, 5) is 4.81. The van der Waals surface area contributed by atoms with Crippen LogP contribution in [0.2, 0.25) is 54.4 Å². The molecular formula is C28H54BrNO4Si3. The van der Waals surface area contributed by atoms with E-state index in [1.54, 1.807) is 0 Å². The zero-order valence-electron chi connectivity index (χ0n) is 26.2. The average Bonchev–Trinajstić information content (AvgIpc) is 3.00. The van der Waals surface area contributed by atoms with Gasteiger partial charge >= 0.3 is 0 Å². The molecule has 4 atom stereocenters. The second-order valence-corrected chi connectivity index (χ2v) is 30.4. The summed E-state index contributed by atoms with van der Waals surface area (Å²) in [7, 11) is -6.29. The van der Waals surface area contributed by atoms with Crippen LogP contribution in [-0.2, 0) is 18.0 Å². The van der Waals surface area contributed by atoms with Gasteiger partial charge < -0.3 is 18.0 Å². The van der Waals surface area contributed by atoms with Gasteiger partial charge in [0.05, 0.1) is 12.3 Å². The van der Waals surface area contributed by atoms with E-state index in [9.17, 15) is 0 Å². The predicted octanol–water partition coefficient (Wildman–Crippen LogP) is 9.09. The van der Waals surface area contributed by atoms with E-state index in [1.165, 1.54) is 0 Å². The quantitative estimate of drug-likeness (QED) is 0.211. The summed E-state index contributed by atoms with van der Waals surface area (Å²) in [5.41, 5.74) is 0.872. The fourth-order valence-electron chi connectivity index (χ4n) is 3.49. The fraction of sp³-hybridized carbons (Fsp3) is 0.821. The molecule has 0 aliphatic carbocycles. The Labute approximate surface area is 239 Å². The second kappa shape index (κ2) is 11.2. The van der Waals surface area contributed by atoms with Gasteiger partial charge in [0.15, 0.2) is 25.0 Å². The molecule has 1 aliphatic heterocycles. The highest BCUT2D eigenvalue weighted by Crippen LogP contribution is 2.47. The molecule has 0 saturated carbocycles. The number of nitrogens with zero attached hydrogens (tertiary/aromatic N) is 1. The highest BCUT2D eigenvalue weighted by Gasteiger charge is 2.55. The van der Waals surface area contributed by atoms with Crippen LogP contribution in [0, 0.1) is 0 Å². The smallest absolute Gasteiger partial charge is 0.192 e.